The lowest BCUT2D eigenvalue weighted by Gasteiger charge is -2.26. The van der Waals surface area contributed by atoms with E-state index in [2.05, 4.69) is 56.3 Å². The monoisotopic (exact) mass is 432 g/mol. The Kier molecular flexibility index (Phi) is 5.59. The second-order valence-electron chi connectivity index (χ2n) is 7.97. The second-order valence-corrected chi connectivity index (χ2v) is 10.0. The molecule has 152 valence electrons. The third kappa shape index (κ3) is 3.89. The number of hydrogen-bond donors (Lipinski definition) is 0. The summed E-state index contributed by atoms with van der Waals surface area (Å²) in [5.41, 5.74) is 3.77. The number of fused-ring (bicyclic) bond motifs is 3. The lowest BCUT2D eigenvalue weighted by molar-refractivity contribution is 0.00199. The Bertz CT molecular complexity index is 1160. The number of nitrogens with zero attached hydrogens (tertiary/aromatic N) is 2. The Balaban J connectivity index is 1.61. The smallest absolute Gasteiger partial charge is 0.162 e. The van der Waals surface area contributed by atoms with Crippen molar-refractivity contribution in [1.82, 2.24) is 9.97 Å². The van der Waals surface area contributed by atoms with Gasteiger partial charge in [-0.15, -0.1) is 23.1 Å². The minimum Gasteiger partial charge on any atom is -0.372 e. The highest BCUT2D eigenvalue weighted by Gasteiger charge is 2.28. The molecule has 0 radical (unpaired) electrons. The van der Waals surface area contributed by atoms with E-state index in [4.69, 9.17) is 14.7 Å². The Morgan fingerprint density at radius 1 is 1.03 bits per heavy atom. The highest BCUT2D eigenvalue weighted by molar-refractivity contribution is 7.98. The molecule has 0 amide bonds. The van der Waals surface area contributed by atoms with Crippen LogP contribution in [0.15, 0.2) is 65.7 Å². The molecule has 0 N–H and O–H groups in total. The average Bonchev–Trinajstić information content (AvgIpc) is 3.16. The highest BCUT2D eigenvalue weighted by atomic mass is 32.2. The largest absolute Gasteiger partial charge is 0.372 e. The predicted octanol–water partition coefficient (Wildman–Crippen LogP) is 6.75. The molecule has 0 bridgehead atoms. The Labute approximate surface area is 185 Å². The molecular weight excluding hydrogens is 408 g/mol. The van der Waals surface area contributed by atoms with Crippen LogP contribution in [-0.2, 0) is 23.5 Å². The van der Waals surface area contributed by atoms with Crippen molar-refractivity contribution in [3.8, 4) is 11.4 Å². The molecule has 1 aliphatic rings. The van der Waals surface area contributed by atoms with Crippen LogP contribution < -0.4 is 0 Å². The molecule has 0 spiro atoms. The molecule has 5 rings (SSSR count). The molecule has 3 heterocycles. The minimum atomic E-state index is 0.260. The lowest BCUT2D eigenvalue weighted by atomic mass is 9.96. The first kappa shape index (κ1) is 19.7. The second kappa shape index (κ2) is 8.50. The van der Waals surface area contributed by atoms with Crippen molar-refractivity contribution in [1.29, 1.82) is 0 Å². The van der Waals surface area contributed by atoms with Gasteiger partial charge in [0.1, 0.15) is 9.86 Å². The Morgan fingerprint density at radius 3 is 2.50 bits per heavy atom. The minimum absolute atomic E-state index is 0.260. The van der Waals surface area contributed by atoms with Crippen LogP contribution >= 0.6 is 23.1 Å². The van der Waals surface area contributed by atoms with E-state index in [0.717, 1.165) is 33.4 Å². The molecule has 0 saturated heterocycles. The van der Waals surface area contributed by atoms with Gasteiger partial charge in [0.2, 0.25) is 0 Å². The van der Waals surface area contributed by atoms with Crippen molar-refractivity contribution in [2.75, 3.05) is 0 Å². The molecule has 2 aromatic heterocycles. The number of aromatic nitrogens is 2. The van der Waals surface area contributed by atoms with Crippen LogP contribution in [0.25, 0.3) is 21.6 Å². The summed E-state index contributed by atoms with van der Waals surface area (Å²) in [7, 11) is 0. The number of hydrogen-bond acceptors (Lipinski definition) is 5. The summed E-state index contributed by atoms with van der Waals surface area (Å²) in [6.45, 7) is 5.15. The summed E-state index contributed by atoms with van der Waals surface area (Å²) in [5.74, 6) is 2.20. The van der Waals surface area contributed by atoms with Crippen molar-refractivity contribution in [3.63, 3.8) is 0 Å². The zero-order valence-corrected chi connectivity index (χ0v) is 18.8. The SMILES string of the molecule is CC(C)C1Cc2c(sc3nc(-c4ccccc4)nc(SCc4ccccc4)c23)CO1. The zero-order chi connectivity index (χ0) is 20.5. The highest BCUT2D eigenvalue weighted by Crippen LogP contribution is 2.41. The van der Waals surface area contributed by atoms with Gasteiger partial charge >= 0.3 is 0 Å². The first-order chi connectivity index (χ1) is 14.7. The Hall–Kier alpha value is -2.21. The molecule has 3 nitrogen and oxygen atoms in total. The van der Waals surface area contributed by atoms with Gasteiger partial charge in [-0.3, -0.25) is 0 Å². The van der Waals surface area contributed by atoms with E-state index in [1.807, 2.05) is 30.0 Å². The third-order valence-corrected chi connectivity index (χ3v) is 7.67. The quantitative estimate of drug-likeness (QED) is 0.258. The van der Waals surface area contributed by atoms with Crippen LogP contribution in [0, 0.1) is 5.92 Å². The van der Waals surface area contributed by atoms with Gasteiger partial charge in [-0.2, -0.15) is 0 Å². The lowest BCUT2D eigenvalue weighted by Crippen LogP contribution is -2.26. The maximum Gasteiger partial charge on any atom is 0.162 e. The van der Waals surface area contributed by atoms with E-state index in [1.165, 1.54) is 21.4 Å². The van der Waals surface area contributed by atoms with Crippen molar-refractivity contribution >= 4 is 33.3 Å². The molecule has 1 atom stereocenters. The molecule has 30 heavy (non-hydrogen) atoms. The normalized spacial score (nSPS) is 16.2. The summed E-state index contributed by atoms with van der Waals surface area (Å²) in [6, 6.07) is 20.9. The number of thioether (sulfide) groups is 1. The fourth-order valence-corrected chi connectivity index (χ4v) is 6.02. The van der Waals surface area contributed by atoms with Gasteiger partial charge < -0.3 is 4.74 Å². The van der Waals surface area contributed by atoms with Crippen molar-refractivity contribution in [2.24, 2.45) is 5.92 Å². The van der Waals surface area contributed by atoms with E-state index in [0.29, 0.717) is 12.5 Å². The van der Waals surface area contributed by atoms with Crippen molar-refractivity contribution in [2.45, 2.75) is 43.8 Å². The van der Waals surface area contributed by atoms with E-state index in [-0.39, 0.29) is 6.10 Å². The number of benzene rings is 2. The number of rotatable bonds is 5. The maximum absolute atomic E-state index is 6.13. The topological polar surface area (TPSA) is 35.0 Å². The van der Waals surface area contributed by atoms with Crippen LogP contribution in [0.2, 0.25) is 0 Å². The molecule has 0 aliphatic carbocycles. The van der Waals surface area contributed by atoms with Gasteiger partial charge in [-0.1, -0.05) is 74.5 Å². The summed E-state index contributed by atoms with van der Waals surface area (Å²) in [6.07, 6.45) is 1.20. The fraction of sp³-hybridized carbons (Fsp3) is 0.280. The Morgan fingerprint density at radius 2 is 1.77 bits per heavy atom. The van der Waals surface area contributed by atoms with Gasteiger partial charge in [0.15, 0.2) is 5.82 Å². The third-order valence-electron chi connectivity index (χ3n) is 5.53. The van der Waals surface area contributed by atoms with E-state index >= 15 is 0 Å². The fourth-order valence-electron chi connectivity index (χ4n) is 3.82. The number of thiophene rings is 1. The van der Waals surface area contributed by atoms with Crippen LogP contribution in [0.5, 0.6) is 0 Å². The van der Waals surface area contributed by atoms with Crippen molar-refractivity contribution < 1.29 is 4.74 Å². The van der Waals surface area contributed by atoms with Crippen LogP contribution in [-0.4, -0.2) is 16.1 Å². The van der Waals surface area contributed by atoms with Gasteiger partial charge in [-0.05, 0) is 17.0 Å². The van der Waals surface area contributed by atoms with Crippen LogP contribution in [0.1, 0.15) is 29.9 Å². The van der Waals surface area contributed by atoms with E-state index < -0.39 is 0 Å². The first-order valence-corrected chi connectivity index (χ1v) is 12.2. The molecule has 2 aromatic carbocycles. The summed E-state index contributed by atoms with van der Waals surface area (Å²) < 4.78 is 6.13. The maximum atomic E-state index is 6.13. The average molecular weight is 433 g/mol. The molecule has 4 aromatic rings. The van der Waals surface area contributed by atoms with Gasteiger partial charge in [-0.25, -0.2) is 9.97 Å². The van der Waals surface area contributed by atoms with E-state index in [1.54, 1.807) is 11.3 Å². The van der Waals surface area contributed by atoms with Gasteiger partial charge in [0.05, 0.1) is 12.7 Å². The molecule has 1 unspecified atom stereocenters. The first-order valence-electron chi connectivity index (χ1n) is 10.3. The zero-order valence-electron chi connectivity index (χ0n) is 17.2. The molecular formula is C25H24N2OS2. The van der Waals surface area contributed by atoms with Gasteiger partial charge in [0, 0.05) is 28.0 Å². The standard InChI is InChI=1S/C25H24N2OS2/c1-16(2)20-13-19-21(14-28-20)30-25-22(19)24(29-15-17-9-5-3-6-10-17)26-23(27-25)18-11-7-4-8-12-18/h3-12,16,20H,13-15H2,1-2H3. The van der Waals surface area contributed by atoms with Crippen LogP contribution in [0.4, 0.5) is 0 Å². The summed E-state index contributed by atoms with van der Waals surface area (Å²) in [4.78, 5) is 12.4. The van der Waals surface area contributed by atoms with Crippen molar-refractivity contribution in [3.05, 3.63) is 76.7 Å². The summed E-state index contributed by atoms with van der Waals surface area (Å²) in [5, 5.41) is 2.33. The predicted molar refractivity (Wildman–Crippen MR) is 126 cm³/mol. The molecule has 0 fully saturated rings. The summed E-state index contributed by atoms with van der Waals surface area (Å²) >= 11 is 3.58. The van der Waals surface area contributed by atoms with E-state index in [9.17, 15) is 0 Å². The van der Waals surface area contributed by atoms with Gasteiger partial charge in [0.25, 0.3) is 0 Å². The molecule has 1 aliphatic heterocycles. The molecule has 5 heteroatoms. The van der Waals surface area contributed by atoms with Crippen LogP contribution in [0.3, 0.4) is 0 Å². The number of ether oxygens (including phenoxy) is 1. The molecule has 0 saturated carbocycles.